The summed E-state index contributed by atoms with van der Waals surface area (Å²) >= 11 is 0. The van der Waals surface area contributed by atoms with Gasteiger partial charge in [-0.15, -0.1) is 0 Å². The van der Waals surface area contributed by atoms with Crippen molar-refractivity contribution in [2.75, 3.05) is 5.32 Å². The van der Waals surface area contributed by atoms with Crippen LogP contribution in [-0.2, 0) is 4.74 Å². The fourth-order valence-electron chi connectivity index (χ4n) is 3.25. The Morgan fingerprint density at radius 2 is 1.77 bits per heavy atom. The molecule has 2 unspecified atom stereocenters. The maximum absolute atomic E-state index is 12.9. The summed E-state index contributed by atoms with van der Waals surface area (Å²) in [6, 6.07) is 20.6. The van der Waals surface area contributed by atoms with E-state index in [0.717, 1.165) is 18.4 Å². The number of aromatic nitrogens is 1. The van der Waals surface area contributed by atoms with Crippen molar-refractivity contribution in [2.45, 2.75) is 51.9 Å². The Balaban J connectivity index is 1.78. The number of hydrogen-bond acceptors (Lipinski definition) is 4. The Labute approximate surface area is 184 Å². The molecule has 0 bridgehead atoms. The molecule has 2 atom stereocenters. The molecule has 1 heterocycles. The van der Waals surface area contributed by atoms with E-state index >= 15 is 0 Å². The molecule has 3 aromatic rings. The number of rotatable bonds is 11. The highest BCUT2D eigenvalue weighted by Crippen LogP contribution is 2.28. The van der Waals surface area contributed by atoms with E-state index in [1.807, 2.05) is 42.5 Å². The Hall–Kier alpha value is -3.18. The minimum absolute atomic E-state index is 0.0353. The molecule has 0 saturated heterocycles. The van der Waals surface area contributed by atoms with Crippen molar-refractivity contribution in [3.05, 3.63) is 90.3 Å². The molecule has 5 nitrogen and oxygen atoms in total. The topological polar surface area (TPSA) is 60.5 Å². The predicted molar refractivity (Wildman–Crippen MR) is 123 cm³/mol. The largest absolute Gasteiger partial charge is 0.460 e. The Bertz CT molecular complexity index is 932. The summed E-state index contributed by atoms with van der Waals surface area (Å²) < 4.78 is 12.5. The number of unbranched alkanes of at least 4 members (excludes halogenated alkanes) is 2. The molecule has 1 N–H and O–H groups in total. The minimum Gasteiger partial charge on any atom is -0.460 e. The lowest BCUT2D eigenvalue weighted by Gasteiger charge is -2.25. The van der Waals surface area contributed by atoms with Crippen LogP contribution < -0.4 is 10.1 Å². The number of pyridine rings is 1. The number of nitrogens with zero attached hydrogens (tertiary/aromatic N) is 1. The number of benzene rings is 2. The van der Waals surface area contributed by atoms with Gasteiger partial charge in [0, 0.05) is 11.8 Å². The zero-order chi connectivity index (χ0) is 21.9. The van der Waals surface area contributed by atoms with Crippen LogP contribution in [0.1, 0.15) is 61.7 Å². The molecular formula is C26H30N2O3. The molecule has 0 radical (unpaired) electrons. The van der Waals surface area contributed by atoms with Crippen molar-refractivity contribution in [3.8, 4) is 5.75 Å². The molecule has 1 amide bonds. The predicted octanol–water partition coefficient (Wildman–Crippen LogP) is 6.40. The smallest absolute Gasteiger partial charge is 0.259 e. The van der Waals surface area contributed by atoms with E-state index in [2.05, 4.69) is 24.1 Å². The molecule has 31 heavy (non-hydrogen) atoms. The van der Waals surface area contributed by atoms with Gasteiger partial charge >= 0.3 is 0 Å². The molecule has 0 fully saturated rings. The van der Waals surface area contributed by atoms with E-state index in [4.69, 9.17) is 9.47 Å². The van der Waals surface area contributed by atoms with Crippen molar-refractivity contribution in [2.24, 2.45) is 0 Å². The van der Waals surface area contributed by atoms with E-state index in [1.165, 1.54) is 12.8 Å². The first-order valence-electron chi connectivity index (χ1n) is 10.8. The quantitative estimate of drug-likeness (QED) is 0.289. The summed E-state index contributed by atoms with van der Waals surface area (Å²) in [4.78, 5) is 16.9. The third-order valence-corrected chi connectivity index (χ3v) is 4.93. The fourth-order valence-corrected chi connectivity index (χ4v) is 3.25. The molecule has 0 aliphatic rings. The number of hydrogen-bond donors (Lipinski definition) is 1. The molecule has 2 aromatic carbocycles. The first-order chi connectivity index (χ1) is 15.2. The van der Waals surface area contributed by atoms with Gasteiger partial charge < -0.3 is 14.8 Å². The molecule has 0 aliphatic carbocycles. The second-order valence-electron chi connectivity index (χ2n) is 7.49. The van der Waals surface area contributed by atoms with Crippen LogP contribution >= 0.6 is 0 Å². The summed E-state index contributed by atoms with van der Waals surface area (Å²) in [5.74, 6) is 0.213. The Morgan fingerprint density at radius 1 is 1.00 bits per heavy atom. The lowest BCUT2D eigenvalue weighted by atomic mass is 10.1. The zero-order valence-corrected chi connectivity index (χ0v) is 18.2. The third-order valence-electron chi connectivity index (χ3n) is 4.93. The number of amides is 1. The van der Waals surface area contributed by atoms with Gasteiger partial charge in [0.1, 0.15) is 5.75 Å². The molecule has 3 rings (SSSR count). The standard InChI is InChI=1S/C26H30N2O3/c1-3-4-6-12-20(2)30-26(21-13-7-5-8-14-21)31-24-17-10-9-16-23(24)25(29)28-22-15-11-18-27-19-22/h5,7-11,13-20,26H,3-4,6,12H2,1-2H3,(H,28,29). The van der Waals surface area contributed by atoms with E-state index < -0.39 is 6.29 Å². The highest BCUT2D eigenvalue weighted by atomic mass is 16.7. The first-order valence-corrected chi connectivity index (χ1v) is 10.8. The lowest BCUT2D eigenvalue weighted by molar-refractivity contribution is -0.120. The van der Waals surface area contributed by atoms with Crippen LogP contribution in [0.15, 0.2) is 79.1 Å². The lowest BCUT2D eigenvalue weighted by Crippen LogP contribution is -2.20. The summed E-state index contributed by atoms with van der Waals surface area (Å²) in [7, 11) is 0. The van der Waals surface area contributed by atoms with Crippen molar-refractivity contribution >= 4 is 11.6 Å². The SMILES string of the molecule is CCCCCC(C)OC(Oc1ccccc1C(=O)Nc1cccnc1)c1ccccc1. The van der Waals surface area contributed by atoms with E-state index in [0.29, 0.717) is 17.0 Å². The van der Waals surface area contributed by atoms with Crippen LogP contribution in [-0.4, -0.2) is 17.0 Å². The average molecular weight is 419 g/mol. The van der Waals surface area contributed by atoms with Crippen molar-refractivity contribution in [3.63, 3.8) is 0 Å². The van der Waals surface area contributed by atoms with Crippen LogP contribution in [0, 0.1) is 0 Å². The Kier molecular flexibility index (Phi) is 8.61. The maximum Gasteiger partial charge on any atom is 0.259 e. The minimum atomic E-state index is -0.606. The number of carbonyl (C=O) groups excluding carboxylic acids is 1. The Morgan fingerprint density at radius 3 is 2.52 bits per heavy atom. The van der Waals surface area contributed by atoms with Gasteiger partial charge in [-0.1, -0.05) is 68.7 Å². The maximum atomic E-state index is 12.9. The molecule has 0 spiro atoms. The molecule has 0 saturated carbocycles. The van der Waals surface area contributed by atoms with E-state index in [-0.39, 0.29) is 12.0 Å². The van der Waals surface area contributed by atoms with Gasteiger partial charge in [0.25, 0.3) is 5.91 Å². The summed E-state index contributed by atoms with van der Waals surface area (Å²) in [6.07, 6.45) is 7.13. The summed E-state index contributed by atoms with van der Waals surface area (Å²) in [6.45, 7) is 4.25. The number of ether oxygens (including phenoxy) is 2. The normalized spacial score (nSPS) is 12.7. The van der Waals surface area contributed by atoms with Gasteiger partial charge in [0.15, 0.2) is 0 Å². The van der Waals surface area contributed by atoms with Crippen LogP contribution in [0.4, 0.5) is 5.69 Å². The number of anilines is 1. The van der Waals surface area contributed by atoms with Crippen LogP contribution in [0.25, 0.3) is 0 Å². The van der Waals surface area contributed by atoms with Crippen molar-refractivity contribution in [1.82, 2.24) is 4.98 Å². The van der Waals surface area contributed by atoms with Gasteiger partial charge in [0.05, 0.1) is 23.6 Å². The van der Waals surface area contributed by atoms with E-state index in [1.54, 1.807) is 36.7 Å². The van der Waals surface area contributed by atoms with Gasteiger partial charge in [-0.25, -0.2) is 0 Å². The van der Waals surface area contributed by atoms with Gasteiger partial charge in [-0.2, -0.15) is 0 Å². The second kappa shape index (κ2) is 11.9. The van der Waals surface area contributed by atoms with Crippen LogP contribution in [0.2, 0.25) is 0 Å². The molecular weight excluding hydrogens is 388 g/mol. The number of nitrogens with one attached hydrogen (secondary N) is 1. The van der Waals surface area contributed by atoms with Crippen LogP contribution in [0.3, 0.4) is 0 Å². The number of carbonyl (C=O) groups is 1. The average Bonchev–Trinajstić information content (AvgIpc) is 2.80. The monoisotopic (exact) mass is 418 g/mol. The zero-order valence-electron chi connectivity index (χ0n) is 18.2. The van der Waals surface area contributed by atoms with Gasteiger partial charge in [-0.3, -0.25) is 9.78 Å². The number of para-hydroxylation sites is 1. The van der Waals surface area contributed by atoms with Crippen LogP contribution in [0.5, 0.6) is 5.75 Å². The first kappa shape index (κ1) is 22.5. The highest BCUT2D eigenvalue weighted by Gasteiger charge is 2.21. The summed E-state index contributed by atoms with van der Waals surface area (Å²) in [5.41, 5.74) is 1.98. The molecule has 1 aromatic heterocycles. The molecule has 0 aliphatic heterocycles. The van der Waals surface area contributed by atoms with Gasteiger partial charge in [-0.05, 0) is 37.6 Å². The molecule has 162 valence electrons. The van der Waals surface area contributed by atoms with E-state index in [9.17, 15) is 4.79 Å². The fraction of sp³-hybridized carbons (Fsp3) is 0.308. The van der Waals surface area contributed by atoms with Gasteiger partial charge in [0.2, 0.25) is 6.29 Å². The molecule has 5 heteroatoms. The van der Waals surface area contributed by atoms with Crippen molar-refractivity contribution in [1.29, 1.82) is 0 Å². The third kappa shape index (κ3) is 6.93. The van der Waals surface area contributed by atoms with Crippen molar-refractivity contribution < 1.29 is 14.3 Å². The highest BCUT2D eigenvalue weighted by molar-refractivity contribution is 6.06. The summed E-state index contributed by atoms with van der Waals surface area (Å²) in [5, 5.41) is 2.86. The second-order valence-corrected chi connectivity index (χ2v) is 7.49.